The van der Waals surface area contributed by atoms with E-state index in [-0.39, 0.29) is 30.0 Å². The van der Waals surface area contributed by atoms with Crippen LogP contribution in [0.2, 0.25) is 0 Å². The molecule has 2 aliphatic carbocycles. The van der Waals surface area contributed by atoms with E-state index < -0.39 is 83.5 Å². The Morgan fingerprint density at radius 3 is 2.30 bits per heavy atom. The molecule has 1 unspecified atom stereocenters. The number of aromatic nitrogens is 3. The Bertz CT molecular complexity index is 1470. The minimum atomic E-state index is -2.91. The summed E-state index contributed by atoms with van der Waals surface area (Å²) >= 11 is 1.03. The lowest BCUT2D eigenvalue weighted by Gasteiger charge is -2.46. The summed E-state index contributed by atoms with van der Waals surface area (Å²) in [5, 5.41) is 51.6. The molecule has 2 aromatic carbocycles. The fourth-order valence-corrected chi connectivity index (χ4v) is 7.85. The van der Waals surface area contributed by atoms with Crippen molar-refractivity contribution in [2.24, 2.45) is 0 Å². The van der Waals surface area contributed by atoms with E-state index in [9.17, 15) is 42.4 Å². The summed E-state index contributed by atoms with van der Waals surface area (Å²) in [6.45, 7) is -0.656. The smallest absolute Gasteiger partial charge is 0.248 e. The van der Waals surface area contributed by atoms with E-state index in [4.69, 9.17) is 4.74 Å². The first-order valence-corrected chi connectivity index (χ1v) is 15.4. The van der Waals surface area contributed by atoms with E-state index in [1.54, 1.807) is 6.07 Å². The van der Waals surface area contributed by atoms with E-state index in [0.717, 1.165) is 52.5 Å². The second kappa shape index (κ2) is 12.0. The number of alkyl halides is 2. The first-order chi connectivity index (χ1) is 20.9. The maximum atomic E-state index is 14.2. The minimum Gasteiger partial charge on any atom is -0.394 e. The predicted octanol–water partition coefficient (Wildman–Crippen LogP) is 4.63. The van der Waals surface area contributed by atoms with Gasteiger partial charge in [-0.25, -0.2) is 26.6 Å². The molecular weight excluding hydrogens is 609 g/mol. The summed E-state index contributed by atoms with van der Waals surface area (Å²) in [7, 11) is 0. The van der Waals surface area contributed by atoms with Crippen LogP contribution in [0.25, 0.3) is 11.3 Å². The number of rotatable bonds is 8. The summed E-state index contributed by atoms with van der Waals surface area (Å²) in [6.07, 6.45) is -2.55. The highest BCUT2D eigenvalue weighted by Crippen LogP contribution is 2.55. The lowest BCUT2D eigenvalue weighted by Crippen LogP contribution is -2.55. The zero-order valence-corrected chi connectivity index (χ0v) is 24.2. The average Bonchev–Trinajstić information content (AvgIpc) is 3.74. The van der Waals surface area contributed by atoms with Crippen LogP contribution in [0.5, 0.6) is 0 Å². The Labute approximate surface area is 253 Å². The third-order valence-electron chi connectivity index (χ3n) is 8.85. The third-order valence-corrected chi connectivity index (χ3v) is 10.5. The van der Waals surface area contributed by atoms with Gasteiger partial charge in [-0.3, -0.25) is 0 Å². The van der Waals surface area contributed by atoms with E-state index in [1.165, 1.54) is 6.20 Å². The van der Waals surface area contributed by atoms with Crippen molar-refractivity contribution in [1.82, 2.24) is 15.0 Å². The van der Waals surface area contributed by atoms with Gasteiger partial charge < -0.3 is 25.2 Å². The molecule has 1 aliphatic heterocycles. The summed E-state index contributed by atoms with van der Waals surface area (Å²) in [5.41, 5.74) is -1.24. The average molecular weight is 642 g/mol. The molecular formula is C30H32F5N3O5S. The molecule has 0 amide bonds. The van der Waals surface area contributed by atoms with Gasteiger partial charge in [0.25, 0.3) is 0 Å². The molecule has 6 atom stereocenters. The number of aliphatic hydroxyl groups is 4. The molecule has 4 N–H and O–H groups in total. The molecule has 1 aromatic heterocycles. The maximum Gasteiger partial charge on any atom is 0.248 e. The van der Waals surface area contributed by atoms with Crippen molar-refractivity contribution < 1.29 is 47.1 Å². The van der Waals surface area contributed by atoms with Crippen LogP contribution in [0.15, 0.2) is 42.6 Å². The van der Waals surface area contributed by atoms with Gasteiger partial charge in [-0.05, 0) is 54.9 Å². The van der Waals surface area contributed by atoms with Gasteiger partial charge >= 0.3 is 0 Å². The summed E-state index contributed by atoms with van der Waals surface area (Å²) in [4.78, 5) is 0. The van der Waals surface area contributed by atoms with Crippen LogP contribution in [0.4, 0.5) is 22.0 Å². The summed E-state index contributed by atoms with van der Waals surface area (Å²) in [6, 6.07) is 7.64. The molecule has 0 spiro atoms. The fraction of sp³-hybridized carbons (Fsp3) is 0.533. The minimum absolute atomic E-state index is 0.0767. The van der Waals surface area contributed by atoms with Gasteiger partial charge in [0.05, 0.1) is 23.7 Å². The molecule has 2 heterocycles. The van der Waals surface area contributed by atoms with Crippen LogP contribution in [-0.2, 0) is 4.74 Å². The van der Waals surface area contributed by atoms with Gasteiger partial charge in [-0.1, -0.05) is 29.5 Å². The van der Waals surface area contributed by atoms with Crippen LogP contribution >= 0.6 is 11.8 Å². The quantitative estimate of drug-likeness (QED) is 0.208. The van der Waals surface area contributed by atoms with Gasteiger partial charge in [0, 0.05) is 18.4 Å². The molecule has 6 rings (SSSR count). The Morgan fingerprint density at radius 2 is 1.66 bits per heavy atom. The van der Waals surface area contributed by atoms with Crippen molar-refractivity contribution in [2.75, 3.05) is 6.61 Å². The van der Waals surface area contributed by atoms with E-state index in [2.05, 4.69) is 10.3 Å². The fourth-order valence-electron chi connectivity index (χ4n) is 6.20. The topological polar surface area (TPSA) is 121 Å². The molecule has 0 bridgehead atoms. The Morgan fingerprint density at radius 1 is 1.00 bits per heavy atom. The SMILES string of the molecule is OC[C@H]1O[C@@H](SC(c2ccccc2C2CC2)C2(O)CCC(F)(F)CC2)[C@H](O)[C@@H](n2cc(-c3cc(F)c(F)c(F)c3)nn2)[C@H]1O. The highest BCUT2D eigenvalue weighted by Gasteiger charge is 2.52. The first-order valence-electron chi connectivity index (χ1n) is 14.4. The van der Waals surface area contributed by atoms with Crippen LogP contribution in [0, 0.1) is 17.5 Å². The maximum absolute atomic E-state index is 14.2. The van der Waals surface area contributed by atoms with Gasteiger partial charge in [-0.2, -0.15) is 0 Å². The number of ether oxygens (including phenoxy) is 1. The number of aliphatic hydroxyl groups excluding tert-OH is 3. The number of halogens is 5. The first kappa shape index (κ1) is 31.4. The van der Waals surface area contributed by atoms with Gasteiger partial charge in [0.1, 0.15) is 35.5 Å². The Balaban J connectivity index is 1.34. The highest BCUT2D eigenvalue weighted by molar-refractivity contribution is 8.00. The van der Waals surface area contributed by atoms with Gasteiger partial charge in [-0.15, -0.1) is 16.9 Å². The molecule has 1 saturated heterocycles. The summed E-state index contributed by atoms with van der Waals surface area (Å²) in [5.74, 6) is -7.17. The summed E-state index contributed by atoms with van der Waals surface area (Å²) < 4.78 is 76.7. The number of nitrogens with zero attached hydrogens (tertiary/aromatic N) is 3. The molecule has 14 heteroatoms. The van der Waals surface area contributed by atoms with Crippen LogP contribution in [0.1, 0.15) is 66.9 Å². The molecule has 8 nitrogen and oxygen atoms in total. The normalized spacial score (nSPS) is 29.0. The lowest BCUT2D eigenvalue weighted by molar-refractivity contribution is -0.179. The second-order valence-corrected chi connectivity index (χ2v) is 13.1. The molecule has 3 aliphatic rings. The predicted molar refractivity (Wildman–Crippen MR) is 149 cm³/mol. The van der Waals surface area contributed by atoms with Crippen molar-refractivity contribution in [2.45, 2.75) is 91.0 Å². The Hall–Kier alpha value is -2.62. The van der Waals surface area contributed by atoms with Crippen molar-refractivity contribution in [3.8, 4) is 11.3 Å². The monoisotopic (exact) mass is 641 g/mol. The van der Waals surface area contributed by atoms with Gasteiger partial charge in [0.15, 0.2) is 17.5 Å². The van der Waals surface area contributed by atoms with Gasteiger partial charge in [0.2, 0.25) is 5.92 Å². The molecule has 44 heavy (non-hydrogen) atoms. The number of hydrogen-bond donors (Lipinski definition) is 4. The number of hydrogen-bond acceptors (Lipinski definition) is 8. The largest absolute Gasteiger partial charge is 0.394 e. The van der Waals surface area contributed by atoms with Crippen LogP contribution < -0.4 is 0 Å². The lowest BCUT2D eigenvalue weighted by atomic mass is 9.77. The second-order valence-electron chi connectivity index (χ2n) is 11.9. The van der Waals surface area contributed by atoms with Crippen LogP contribution in [-0.4, -0.2) is 77.3 Å². The highest BCUT2D eigenvalue weighted by atomic mass is 32.2. The Kier molecular flexibility index (Phi) is 8.52. The molecule has 3 aromatic rings. The number of thioether (sulfide) groups is 1. The zero-order valence-electron chi connectivity index (χ0n) is 23.4. The van der Waals surface area contributed by atoms with Crippen molar-refractivity contribution in [3.63, 3.8) is 0 Å². The van der Waals surface area contributed by atoms with Crippen LogP contribution in [0.3, 0.4) is 0 Å². The van der Waals surface area contributed by atoms with E-state index in [0.29, 0.717) is 0 Å². The molecule has 2 saturated carbocycles. The van der Waals surface area contributed by atoms with E-state index in [1.807, 2.05) is 18.2 Å². The standard InChI is InChI=1S/C30H32F5N3O5S/c31-19-11-16(12-20(32)23(19)33)21-13-38(37-36-21)24-25(40)22(14-39)43-28(26(24)41)44-27(29(42)7-9-30(34,35)10-8-29)18-4-2-1-3-17(18)15-5-6-15/h1-4,11-13,15,22,24-28,39-42H,5-10,14H2/t22-,24+,25+,26-,27?,28+/m1/s1. The van der Waals surface area contributed by atoms with E-state index >= 15 is 0 Å². The molecule has 238 valence electrons. The van der Waals surface area contributed by atoms with Crippen molar-refractivity contribution in [3.05, 3.63) is 71.2 Å². The zero-order chi connectivity index (χ0) is 31.4. The van der Waals surface area contributed by atoms with Crippen molar-refractivity contribution in [1.29, 1.82) is 0 Å². The van der Waals surface area contributed by atoms with Crippen molar-refractivity contribution >= 4 is 11.8 Å². The number of benzene rings is 2. The molecule has 0 radical (unpaired) electrons. The molecule has 3 fully saturated rings. The third kappa shape index (κ3) is 5.99.